The van der Waals surface area contributed by atoms with E-state index >= 15 is 0 Å². The molecule has 1 N–H and O–H groups in total. The molecule has 0 radical (unpaired) electrons. The molecular weight excluding hydrogens is 252 g/mol. The van der Waals surface area contributed by atoms with E-state index in [1.807, 2.05) is 35.9 Å². The third-order valence-electron chi connectivity index (χ3n) is 4.20. The van der Waals surface area contributed by atoms with E-state index in [9.17, 15) is 0 Å². The molecule has 0 bridgehead atoms. The van der Waals surface area contributed by atoms with Crippen molar-refractivity contribution in [3.8, 4) is 0 Å². The summed E-state index contributed by atoms with van der Waals surface area (Å²) in [5.74, 6) is 0.959. The number of aromatic nitrogens is 3. The van der Waals surface area contributed by atoms with E-state index < -0.39 is 0 Å². The minimum atomic E-state index is 0.160. The lowest BCUT2D eigenvalue weighted by Crippen LogP contribution is -2.44. The first-order chi connectivity index (χ1) is 9.79. The monoisotopic (exact) mass is 274 g/mol. The molecule has 0 aromatic carbocycles. The molecular formula is C15H22N4O. The van der Waals surface area contributed by atoms with Crippen LogP contribution in [0.25, 0.3) is 5.65 Å². The molecule has 0 spiro atoms. The first kappa shape index (κ1) is 13.5. The molecule has 20 heavy (non-hydrogen) atoms. The Kier molecular flexibility index (Phi) is 3.98. The van der Waals surface area contributed by atoms with Crippen LogP contribution in [-0.4, -0.2) is 33.9 Å². The molecule has 0 saturated heterocycles. The molecule has 0 aliphatic heterocycles. The van der Waals surface area contributed by atoms with E-state index in [1.54, 1.807) is 0 Å². The summed E-state index contributed by atoms with van der Waals surface area (Å²) in [6.07, 6.45) is 7.16. The molecule has 2 aromatic rings. The normalized spacial score (nSPS) is 24.9. The average Bonchev–Trinajstić information content (AvgIpc) is 2.92. The highest BCUT2D eigenvalue weighted by Crippen LogP contribution is 2.23. The number of hydrogen-bond donors (Lipinski definition) is 1. The maximum Gasteiger partial charge on any atom is 0.160 e. The summed E-state index contributed by atoms with van der Waals surface area (Å²) >= 11 is 0. The highest BCUT2D eigenvalue weighted by Gasteiger charge is 2.27. The minimum Gasteiger partial charge on any atom is -0.380 e. The van der Waals surface area contributed by atoms with Crippen LogP contribution in [0.2, 0.25) is 0 Å². The molecule has 2 heterocycles. The van der Waals surface area contributed by atoms with Gasteiger partial charge in [-0.2, -0.15) is 0 Å². The lowest BCUT2D eigenvalue weighted by Gasteiger charge is -2.33. The number of rotatable bonds is 4. The molecule has 1 aliphatic rings. The fourth-order valence-electron chi connectivity index (χ4n) is 3.12. The van der Waals surface area contributed by atoms with Gasteiger partial charge in [-0.15, -0.1) is 10.2 Å². The Labute approximate surface area is 119 Å². The van der Waals surface area contributed by atoms with Gasteiger partial charge in [0, 0.05) is 19.3 Å². The van der Waals surface area contributed by atoms with Gasteiger partial charge in [0.25, 0.3) is 0 Å². The van der Waals surface area contributed by atoms with Gasteiger partial charge in [-0.05, 0) is 31.9 Å². The highest BCUT2D eigenvalue weighted by molar-refractivity contribution is 5.37. The molecule has 2 aromatic heterocycles. The quantitative estimate of drug-likeness (QED) is 0.929. The molecule has 0 amide bonds. The van der Waals surface area contributed by atoms with E-state index in [-0.39, 0.29) is 6.04 Å². The van der Waals surface area contributed by atoms with Crippen LogP contribution in [-0.2, 0) is 4.74 Å². The van der Waals surface area contributed by atoms with Crippen LogP contribution in [0, 0.1) is 0 Å². The van der Waals surface area contributed by atoms with E-state index in [2.05, 4.69) is 22.4 Å². The third kappa shape index (κ3) is 2.55. The van der Waals surface area contributed by atoms with E-state index in [4.69, 9.17) is 4.74 Å². The van der Waals surface area contributed by atoms with Crippen LogP contribution in [0.15, 0.2) is 24.4 Å². The predicted octanol–water partition coefficient (Wildman–Crippen LogP) is 2.34. The Morgan fingerprint density at radius 2 is 2.15 bits per heavy atom. The maximum atomic E-state index is 5.60. The largest absolute Gasteiger partial charge is 0.380 e. The summed E-state index contributed by atoms with van der Waals surface area (Å²) in [6.45, 7) is 2.14. The lowest BCUT2D eigenvalue weighted by molar-refractivity contribution is 0.0380. The number of nitrogens with one attached hydrogen (secondary N) is 1. The Bertz CT molecular complexity index is 568. The van der Waals surface area contributed by atoms with Crippen LogP contribution < -0.4 is 5.32 Å². The summed E-state index contributed by atoms with van der Waals surface area (Å²) in [5, 5.41) is 12.2. The molecule has 3 atom stereocenters. The number of fused-ring (bicyclic) bond motifs is 1. The van der Waals surface area contributed by atoms with Crippen molar-refractivity contribution in [3.05, 3.63) is 30.2 Å². The zero-order chi connectivity index (χ0) is 13.9. The Hall–Kier alpha value is -1.46. The molecule has 3 rings (SSSR count). The van der Waals surface area contributed by atoms with Crippen molar-refractivity contribution in [3.63, 3.8) is 0 Å². The van der Waals surface area contributed by atoms with E-state index in [1.165, 1.54) is 19.3 Å². The predicted molar refractivity (Wildman–Crippen MR) is 77.6 cm³/mol. The second-order valence-corrected chi connectivity index (χ2v) is 5.54. The zero-order valence-electron chi connectivity index (χ0n) is 12.1. The van der Waals surface area contributed by atoms with Crippen molar-refractivity contribution in [2.24, 2.45) is 0 Å². The van der Waals surface area contributed by atoms with E-state index in [0.717, 1.165) is 17.9 Å². The van der Waals surface area contributed by atoms with Crippen molar-refractivity contribution in [1.82, 2.24) is 19.9 Å². The van der Waals surface area contributed by atoms with Gasteiger partial charge >= 0.3 is 0 Å². The van der Waals surface area contributed by atoms with Crippen molar-refractivity contribution < 1.29 is 4.74 Å². The molecule has 5 heteroatoms. The van der Waals surface area contributed by atoms with Gasteiger partial charge < -0.3 is 10.1 Å². The zero-order valence-corrected chi connectivity index (χ0v) is 12.1. The Morgan fingerprint density at radius 3 is 3.00 bits per heavy atom. The number of ether oxygens (including phenoxy) is 1. The smallest absolute Gasteiger partial charge is 0.160 e. The van der Waals surface area contributed by atoms with Crippen molar-refractivity contribution >= 4 is 5.65 Å². The first-order valence-electron chi connectivity index (χ1n) is 7.38. The summed E-state index contributed by atoms with van der Waals surface area (Å²) in [6, 6.07) is 6.52. The van der Waals surface area contributed by atoms with Gasteiger partial charge in [0.2, 0.25) is 0 Å². The van der Waals surface area contributed by atoms with Crippen LogP contribution >= 0.6 is 0 Å². The lowest BCUT2D eigenvalue weighted by atomic mass is 9.92. The van der Waals surface area contributed by atoms with Gasteiger partial charge in [0.15, 0.2) is 11.5 Å². The second-order valence-electron chi connectivity index (χ2n) is 5.54. The minimum absolute atomic E-state index is 0.160. The highest BCUT2D eigenvalue weighted by atomic mass is 16.5. The Morgan fingerprint density at radius 1 is 1.30 bits per heavy atom. The fourth-order valence-corrected chi connectivity index (χ4v) is 3.12. The van der Waals surface area contributed by atoms with Gasteiger partial charge in [0.1, 0.15) is 0 Å². The van der Waals surface area contributed by atoms with E-state index in [0.29, 0.717) is 12.1 Å². The summed E-state index contributed by atoms with van der Waals surface area (Å²) in [7, 11) is 1.81. The molecule has 1 aliphatic carbocycles. The van der Waals surface area contributed by atoms with Gasteiger partial charge in [-0.1, -0.05) is 18.9 Å². The van der Waals surface area contributed by atoms with Crippen LogP contribution in [0.1, 0.15) is 44.5 Å². The Balaban J connectivity index is 1.77. The fraction of sp³-hybridized carbons (Fsp3) is 0.600. The van der Waals surface area contributed by atoms with Crippen LogP contribution in [0.3, 0.4) is 0 Å². The number of pyridine rings is 1. The number of nitrogens with zero attached hydrogens (tertiary/aromatic N) is 3. The second kappa shape index (κ2) is 5.89. The van der Waals surface area contributed by atoms with Crippen molar-refractivity contribution in [2.45, 2.75) is 50.8 Å². The van der Waals surface area contributed by atoms with Crippen LogP contribution in [0.4, 0.5) is 0 Å². The molecule has 5 nitrogen and oxygen atoms in total. The van der Waals surface area contributed by atoms with Gasteiger partial charge in [0.05, 0.1) is 12.1 Å². The molecule has 108 valence electrons. The number of methoxy groups -OCH3 is 1. The van der Waals surface area contributed by atoms with Crippen molar-refractivity contribution in [2.75, 3.05) is 7.11 Å². The SMILES string of the molecule is COC1CCCCC1NC(C)c1nnc2ccccn12. The molecule has 1 fully saturated rings. The summed E-state index contributed by atoms with van der Waals surface area (Å²) in [5.41, 5.74) is 0.892. The molecule has 3 unspecified atom stereocenters. The van der Waals surface area contributed by atoms with Crippen LogP contribution in [0.5, 0.6) is 0 Å². The summed E-state index contributed by atoms with van der Waals surface area (Å²) < 4.78 is 7.65. The summed E-state index contributed by atoms with van der Waals surface area (Å²) in [4.78, 5) is 0. The van der Waals surface area contributed by atoms with Crippen molar-refractivity contribution in [1.29, 1.82) is 0 Å². The maximum absolute atomic E-state index is 5.60. The number of hydrogen-bond acceptors (Lipinski definition) is 4. The third-order valence-corrected chi connectivity index (χ3v) is 4.20. The van der Waals surface area contributed by atoms with Gasteiger partial charge in [-0.25, -0.2) is 0 Å². The first-order valence-corrected chi connectivity index (χ1v) is 7.38. The molecule has 1 saturated carbocycles. The average molecular weight is 274 g/mol. The van der Waals surface area contributed by atoms with Gasteiger partial charge in [-0.3, -0.25) is 4.40 Å². The topological polar surface area (TPSA) is 51.5 Å². The standard InChI is InChI=1S/C15H22N4O/c1-11(16-12-7-3-4-8-13(12)20-2)15-18-17-14-9-5-6-10-19(14)15/h5-6,9-13,16H,3-4,7-8H2,1-2H3.